The highest BCUT2D eigenvalue weighted by molar-refractivity contribution is 5.78. The molecule has 3 aromatic rings. The number of ether oxygens (including phenoxy) is 2. The Morgan fingerprint density at radius 2 is 1.41 bits per heavy atom. The van der Waals surface area contributed by atoms with Crippen LogP contribution in [-0.4, -0.2) is 13.0 Å². The summed E-state index contributed by atoms with van der Waals surface area (Å²) in [6.45, 7) is 1.03. The Morgan fingerprint density at radius 3 is 2.07 bits per heavy atom. The molecule has 0 atom stereocenters. The number of benzene rings is 3. The Balaban J connectivity index is 1.44. The Hall–Kier alpha value is -3.27. The zero-order valence-corrected chi connectivity index (χ0v) is 15.4. The largest absolute Gasteiger partial charge is 0.497 e. The molecule has 27 heavy (non-hydrogen) atoms. The lowest BCUT2D eigenvalue weighted by molar-refractivity contribution is -0.120. The van der Waals surface area contributed by atoms with Crippen LogP contribution in [0, 0.1) is 0 Å². The zero-order chi connectivity index (χ0) is 18.9. The van der Waals surface area contributed by atoms with E-state index in [-0.39, 0.29) is 5.91 Å². The van der Waals surface area contributed by atoms with Crippen molar-refractivity contribution in [3.05, 3.63) is 95.6 Å². The van der Waals surface area contributed by atoms with Crippen LogP contribution in [0.4, 0.5) is 0 Å². The molecule has 4 nitrogen and oxygen atoms in total. The van der Waals surface area contributed by atoms with Gasteiger partial charge in [-0.25, -0.2) is 0 Å². The molecule has 0 aliphatic rings. The number of amides is 1. The summed E-state index contributed by atoms with van der Waals surface area (Å²) in [5.41, 5.74) is 3.12. The van der Waals surface area contributed by atoms with Gasteiger partial charge in [0, 0.05) is 6.54 Å². The van der Waals surface area contributed by atoms with E-state index in [1.807, 2.05) is 78.9 Å². The number of hydrogen-bond acceptors (Lipinski definition) is 3. The van der Waals surface area contributed by atoms with Crippen molar-refractivity contribution in [2.75, 3.05) is 7.11 Å². The lowest BCUT2D eigenvalue weighted by atomic mass is 10.1. The van der Waals surface area contributed by atoms with Crippen LogP contribution in [-0.2, 0) is 24.4 Å². The average molecular weight is 361 g/mol. The Kier molecular flexibility index (Phi) is 6.47. The average Bonchev–Trinajstić information content (AvgIpc) is 2.73. The van der Waals surface area contributed by atoms with E-state index >= 15 is 0 Å². The molecule has 0 unspecified atom stereocenters. The molecule has 0 radical (unpaired) electrons. The van der Waals surface area contributed by atoms with Crippen molar-refractivity contribution in [1.82, 2.24) is 5.32 Å². The molecular formula is C23H23NO3. The molecule has 1 amide bonds. The topological polar surface area (TPSA) is 47.6 Å². The molecule has 0 saturated carbocycles. The van der Waals surface area contributed by atoms with E-state index in [1.54, 1.807) is 7.11 Å². The Morgan fingerprint density at radius 1 is 0.778 bits per heavy atom. The van der Waals surface area contributed by atoms with Crippen LogP contribution < -0.4 is 14.8 Å². The molecule has 4 heteroatoms. The summed E-state index contributed by atoms with van der Waals surface area (Å²) in [4.78, 5) is 12.1. The van der Waals surface area contributed by atoms with Gasteiger partial charge in [0.2, 0.25) is 5.91 Å². The molecule has 0 spiro atoms. The summed E-state index contributed by atoms with van der Waals surface area (Å²) in [6.07, 6.45) is 0.349. The maximum Gasteiger partial charge on any atom is 0.224 e. The normalized spacial score (nSPS) is 10.3. The molecule has 3 aromatic carbocycles. The lowest BCUT2D eigenvalue weighted by Crippen LogP contribution is -2.24. The van der Waals surface area contributed by atoms with Gasteiger partial charge in [-0.05, 0) is 41.0 Å². The maximum atomic E-state index is 12.1. The molecule has 0 fully saturated rings. The van der Waals surface area contributed by atoms with Gasteiger partial charge in [0.15, 0.2) is 0 Å². The van der Waals surface area contributed by atoms with E-state index in [1.165, 1.54) is 0 Å². The molecule has 0 saturated heterocycles. The van der Waals surface area contributed by atoms with Crippen LogP contribution in [0.15, 0.2) is 78.9 Å². The first-order valence-electron chi connectivity index (χ1n) is 8.88. The first kappa shape index (κ1) is 18.5. The molecule has 0 aromatic heterocycles. The van der Waals surface area contributed by atoms with Crippen LogP contribution >= 0.6 is 0 Å². The first-order chi connectivity index (χ1) is 13.2. The predicted molar refractivity (Wildman–Crippen MR) is 106 cm³/mol. The van der Waals surface area contributed by atoms with E-state index in [9.17, 15) is 4.79 Å². The minimum Gasteiger partial charge on any atom is -0.497 e. The summed E-state index contributed by atoms with van der Waals surface area (Å²) >= 11 is 0. The van der Waals surface area contributed by atoms with E-state index < -0.39 is 0 Å². The Bertz CT molecular complexity index is 843. The number of nitrogens with one attached hydrogen (secondary N) is 1. The minimum atomic E-state index is -0.00966. The highest BCUT2D eigenvalue weighted by Crippen LogP contribution is 2.15. The van der Waals surface area contributed by atoms with E-state index in [2.05, 4.69) is 5.32 Å². The fourth-order valence-corrected chi connectivity index (χ4v) is 2.64. The molecule has 138 valence electrons. The second-order valence-corrected chi connectivity index (χ2v) is 6.22. The van der Waals surface area contributed by atoms with E-state index in [0.717, 1.165) is 28.2 Å². The van der Waals surface area contributed by atoms with Crippen molar-refractivity contribution >= 4 is 5.91 Å². The van der Waals surface area contributed by atoms with Gasteiger partial charge < -0.3 is 14.8 Å². The molecule has 0 aliphatic carbocycles. The smallest absolute Gasteiger partial charge is 0.224 e. The third kappa shape index (κ3) is 5.89. The summed E-state index contributed by atoms with van der Waals surface area (Å²) in [5, 5.41) is 2.94. The van der Waals surface area contributed by atoms with Crippen molar-refractivity contribution in [1.29, 1.82) is 0 Å². The van der Waals surface area contributed by atoms with Crippen LogP contribution in [0.1, 0.15) is 16.7 Å². The molecule has 0 heterocycles. The number of rotatable bonds is 8. The van der Waals surface area contributed by atoms with E-state index in [4.69, 9.17) is 9.47 Å². The van der Waals surface area contributed by atoms with Gasteiger partial charge in [-0.2, -0.15) is 0 Å². The molecule has 0 aliphatic heterocycles. The third-order valence-corrected chi connectivity index (χ3v) is 4.19. The minimum absolute atomic E-state index is 0.00966. The van der Waals surface area contributed by atoms with Crippen molar-refractivity contribution in [3.63, 3.8) is 0 Å². The van der Waals surface area contributed by atoms with Gasteiger partial charge in [0.25, 0.3) is 0 Å². The highest BCUT2D eigenvalue weighted by Gasteiger charge is 2.04. The SMILES string of the molecule is COc1ccc(CC(=O)NCc2ccc(OCc3ccccc3)cc2)cc1. The van der Waals surface area contributed by atoms with Gasteiger partial charge in [0.05, 0.1) is 13.5 Å². The second kappa shape index (κ2) is 9.43. The van der Waals surface area contributed by atoms with Crippen LogP contribution in [0.2, 0.25) is 0 Å². The monoisotopic (exact) mass is 361 g/mol. The number of carbonyl (C=O) groups excluding carboxylic acids is 1. The molecule has 0 bridgehead atoms. The van der Waals surface area contributed by atoms with Gasteiger partial charge in [0.1, 0.15) is 18.1 Å². The summed E-state index contributed by atoms with van der Waals surface area (Å²) in [5.74, 6) is 1.59. The van der Waals surface area contributed by atoms with Gasteiger partial charge in [-0.1, -0.05) is 54.6 Å². The predicted octanol–water partition coefficient (Wildman–Crippen LogP) is 4.13. The van der Waals surface area contributed by atoms with Gasteiger partial charge in [-0.3, -0.25) is 4.79 Å². The maximum absolute atomic E-state index is 12.1. The zero-order valence-electron chi connectivity index (χ0n) is 15.4. The van der Waals surface area contributed by atoms with Crippen molar-refractivity contribution in [2.24, 2.45) is 0 Å². The quantitative estimate of drug-likeness (QED) is 0.656. The Labute approximate surface area is 159 Å². The summed E-state index contributed by atoms with van der Waals surface area (Å²) in [7, 11) is 1.62. The fourth-order valence-electron chi connectivity index (χ4n) is 2.64. The van der Waals surface area contributed by atoms with Crippen molar-refractivity contribution < 1.29 is 14.3 Å². The molecule has 1 N–H and O–H groups in total. The summed E-state index contributed by atoms with van der Waals surface area (Å²) < 4.78 is 10.9. The molecule has 3 rings (SSSR count). The van der Waals surface area contributed by atoms with Crippen molar-refractivity contribution in [3.8, 4) is 11.5 Å². The first-order valence-corrected chi connectivity index (χ1v) is 8.88. The van der Waals surface area contributed by atoms with Gasteiger partial charge >= 0.3 is 0 Å². The lowest BCUT2D eigenvalue weighted by Gasteiger charge is -2.09. The van der Waals surface area contributed by atoms with E-state index in [0.29, 0.717) is 19.6 Å². The molecular weight excluding hydrogens is 338 g/mol. The highest BCUT2D eigenvalue weighted by atomic mass is 16.5. The standard InChI is InChI=1S/C23H23NO3/c1-26-21-11-7-18(8-12-21)15-23(25)24-16-19-9-13-22(14-10-19)27-17-20-5-3-2-4-6-20/h2-14H,15-17H2,1H3,(H,24,25). The fraction of sp³-hybridized carbons (Fsp3) is 0.174. The van der Waals surface area contributed by atoms with Crippen LogP contribution in [0.25, 0.3) is 0 Å². The number of hydrogen-bond donors (Lipinski definition) is 1. The summed E-state index contributed by atoms with van der Waals surface area (Å²) in [6, 6.07) is 25.3. The number of methoxy groups -OCH3 is 1. The van der Waals surface area contributed by atoms with Crippen molar-refractivity contribution in [2.45, 2.75) is 19.6 Å². The van der Waals surface area contributed by atoms with Crippen LogP contribution in [0.3, 0.4) is 0 Å². The van der Waals surface area contributed by atoms with Crippen LogP contribution in [0.5, 0.6) is 11.5 Å². The number of carbonyl (C=O) groups is 1. The van der Waals surface area contributed by atoms with Gasteiger partial charge in [-0.15, -0.1) is 0 Å². The third-order valence-electron chi connectivity index (χ3n) is 4.19. The second-order valence-electron chi connectivity index (χ2n) is 6.22.